The molecule has 1 aromatic carbocycles. The van der Waals surface area contributed by atoms with E-state index in [0.29, 0.717) is 0 Å². The second-order valence-electron chi connectivity index (χ2n) is 14.0. The fourth-order valence-electron chi connectivity index (χ4n) is 13.3. The van der Waals surface area contributed by atoms with E-state index in [1.54, 1.807) is 69.8 Å². The zero-order valence-electron chi connectivity index (χ0n) is 19.4. The van der Waals surface area contributed by atoms with E-state index < -0.39 is 0 Å². The molecular weight excluding hydrogens is 372 g/mol. The summed E-state index contributed by atoms with van der Waals surface area (Å²) in [5.41, 5.74) is 5.40. The van der Waals surface area contributed by atoms with Crippen LogP contribution in [0.25, 0.3) is 0 Å². The first-order chi connectivity index (χ1) is 15.3. The van der Waals surface area contributed by atoms with E-state index in [1.165, 1.54) is 0 Å². The van der Waals surface area contributed by atoms with Crippen LogP contribution < -0.4 is 0 Å². The van der Waals surface area contributed by atoms with Gasteiger partial charge >= 0.3 is 0 Å². The Morgan fingerprint density at radius 3 is 1.45 bits per heavy atom. The number of hydrogen-bond acceptors (Lipinski definition) is 0. The Balaban J connectivity index is 1.05. The SMILES string of the molecule is Cc1c(C2CC3CC2C2C4CCC(C4)C32)cccc1C1CC2CC1C1C3CCC(C3)C21. The van der Waals surface area contributed by atoms with Crippen LogP contribution in [-0.4, -0.2) is 0 Å². The third kappa shape index (κ3) is 2.03. The van der Waals surface area contributed by atoms with Crippen LogP contribution in [0.4, 0.5) is 0 Å². The molecule has 8 aliphatic carbocycles. The molecule has 0 amide bonds. The molecule has 0 aliphatic heterocycles. The molecule has 8 bridgehead atoms. The van der Waals surface area contributed by atoms with Crippen LogP contribution in [0, 0.1) is 77.9 Å². The Morgan fingerprint density at radius 2 is 0.968 bits per heavy atom. The highest BCUT2D eigenvalue weighted by Crippen LogP contribution is 2.72. The minimum absolute atomic E-state index is 0.916. The molecule has 0 spiro atoms. The molecular formula is C31H40. The van der Waals surface area contributed by atoms with Crippen molar-refractivity contribution in [1.29, 1.82) is 0 Å². The number of fused-ring (bicyclic) bond motifs is 18. The van der Waals surface area contributed by atoms with Gasteiger partial charge in [-0.05, 0) is 171 Å². The second-order valence-corrected chi connectivity index (χ2v) is 14.0. The lowest BCUT2D eigenvalue weighted by atomic mass is 9.64. The van der Waals surface area contributed by atoms with Gasteiger partial charge in [-0.1, -0.05) is 18.2 Å². The molecule has 0 radical (unpaired) electrons. The first-order valence-electron chi connectivity index (χ1n) is 14.4. The van der Waals surface area contributed by atoms with Gasteiger partial charge < -0.3 is 0 Å². The van der Waals surface area contributed by atoms with Gasteiger partial charge in [-0.2, -0.15) is 0 Å². The van der Waals surface area contributed by atoms with E-state index in [0.717, 1.165) is 82.9 Å². The van der Waals surface area contributed by atoms with Crippen molar-refractivity contribution in [3.8, 4) is 0 Å². The molecule has 0 heterocycles. The lowest BCUT2D eigenvalue weighted by Gasteiger charge is -2.41. The molecule has 8 saturated carbocycles. The summed E-state index contributed by atoms with van der Waals surface area (Å²) in [6, 6.07) is 7.66. The fourth-order valence-corrected chi connectivity index (χ4v) is 13.3. The van der Waals surface area contributed by atoms with Crippen molar-refractivity contribution in [2.24, 2.45) is 71.0 Å². The Bertz CT molecular complexity index is 871. The third-order valence-corrected chi connectivity index (χ3v) is 13.7. The first-order valence-corrected chi connectivity index (χ1v) is 14.4. The topological polar surface area (TPSA) is 0 Å². The predicted molar refractivity (Wildman–Crippen MR) is 125 cm³/mol. The maximum Gasteiger partial charge on any atom is -0.0125 e. The van der Waals surface area contributed by atoms with Gasteiger partial charge in [0.1, 0.15) is 0 Å². The monoisotopic (exact) mass is 412 g/mol. The van der Waals surface area contributed by atoms with Gasteiger partial charge in [0.2, 0.25) is 0 Å². The quantitative estimate of drug-likeness (QED) is 0.439. The van der Waals surface area contributed by atoms with Crippen LogP contribution in [0.15, 0.2) is 18.2 Å². The normalized spacial score (nSPS) is 59.1. The highest BCUT2D eigenvalue weighted by molar-refractivity contribution is 5.42. The van der Waals surface area contributed by atoms with Gasteiger partial charge in [0, 0.05) is 0 Å². The average molecular weight is 413 g/mol. The summed E-state index contributed by atoms with van der Waals surface area (Å²) >= 11 is 0. The molecule has 0 nitrogen and oxygen atoms in total. The summed E-state index contributed by atoms with van der Waals surface area (Å²) in [6.07, 6.45) is 15.8. The summed E-state index contributed by atoms with van der Waals surface area (Å²) in [6.45, 7) is 2.55. The molecule has 1 aromatic rings. The van der Waals surface area contributed by atoms with E-state index in [2.05, 4.69) is 25.1 Å². The molecule has 8 aliphatic rings. The van der Waals surface area contributed by atoms with Gasteiger partial charge in [-0.25, -0.2) is 0 Å². The molecule has 9 rings (SSSR count). The molecule has 164 valence electrons. The predicted octanol–water partition coefficient (Wildman–Crippen LogP) is 7.57. The minimum Gasteiger partial charge on any atom is -0.0617 e. The summed E-state index contributed by atoms with van der Waals surface area (Å²) in [7, 11) is 0. The van der Waals surface area contributed by atoms with Crippen molar-refractivity contribution >= 4 is 0 Å². The number of benzene rings is 1. The molecule has 14 unspecified atom stereocenters. The molecule has 31 heavy (non-hydrogen) atoms. The minimum atomic E-state index is 0.916. The maximum absolute atomic E-state index is 2.58. The highest BCUT2D eigenvalue weighted by Gasteiger charge is 2.64. The van der Waals surface area contributed by atoms with Crippen LogP contribution in [0.5, 0.6) is 0 Å². The van der Waals surface area contributed by atoms with Gasteiger partial charge in [0.15, 0.2) is 0 Å². The Hall–Kier alpha value is -0.780. The Labute approximate surface area is 189 Å². The van der Waals surface area contributed by atoms with Crippen molar-refractivity contribution < 1.29 is 0 Å². The molecule has 0 heteroatoms. The smallest absolute Gasteiger partial charge is 0.0125 e. The second kappa shape index (κ2) is 5.82. The van der Waals surface area contributed by atoms with Crippen LogP contribution in [0.3, 0.4) is 0 Å². The summed E-state index contributed by atoms with van der Waals surface area (Å²) in [5, 5.41) is 0. The third-order valence-electron chi connectivity index (χ3n) is 13.7. The van der Waals surface area contributed by atoms with Crippen molar-refractivity contribution in [3.05, 3.63) is 34.9 Å². The standard InChI is InChI=1S/C31H40/c1-15-22(24-11-20-13-26(24)30-18-7-5-16(9-18)28(20)30)3-2-4-23(15)25-12-21-14-27(25)31-19-8-6-17(10-19)29(21)31/h2-4,16-21,24-31H,5-14H2,1H3. The van der Waals surface area contributed by atoms with Crippen molar-refractivity contribution in [3.63, 3.8) is 0 Å². The van der Waals surface area contributed by atoms with Gasteiger partial charge in [-0.15, -0.1) is 0 Å². The van der Waals surface area contributed by atoms with Crippen LogP contribution in [0.1, 0.15) is 92.7 Å². The van der Waals surface area contributed by atoms with Gasteiger partial charge in [-0.3, -0.25) is 0 Å². The molecule has 8 fully saturated rings. The summed E-state index contributed by atoms with van der Waals surface area (Å²) < 4.78 is 0. The van der Waals surface area contributed by atoms with Gasteiger partial charge in [0.05, 0.1) is 0 Å². The van der Waals surface area contributed by atoms with E-state index in [1.807, 2.05) is 11.1 Å². The highest BCUT2D eigenvalue weighted by atomic mass is 14.7. The number of hydrogen-bond donors (Lipinski definition) is 0. The zero-order chi connectivity index (χ0) is 20.0. The van der Waals surface area contributed by atoms with E-state index in [4.69, 9.17) is 0 Å². The summed E-state index contributed by atoms with van der Waals surface area (Å²) in [5.74, 6) is 15.2. The molecule has 0 saturated heterocycles. The lowest BCUT2D eigenvalue weighted by Crippen LogP contribution is -2.33. The van der Waals surface area contributed by atoms with Crippen LogP contribution in [-0.2, 0) is 0 Å². The first kappa shape index (κ1) is 17.7. The largest absolute Gasteiger partial charge is 0.0617 e. The van der Waals surface area contributed by atoms with E-state index in [9.17, 15) is 0 Å². The maximum atomic E-state index is 2.58. The van der Waals surface area contributed by atoms with E-state index >= 15 is 0 Å². The molecule has 0 aromatic heterocycles. The van der Waals surface area contributed by atoms with Crippen molar-refractivity contribution in [2.75, 3.05) is 0 Å². The van der Waals surface area contributed by atoms with Crippen LogP contribution in [0.2, 0.25) is 0 Å². The summed E-state index contributed by atoms with van der Waals surface area (Å²) in [4.78, 5) is 0. The Morgan fingerprint density at radius 1 is 0.516 bits per heavy atom. The van der Waals surface area contributed by atoms with E-state index in [-0.39, 0.29) is 0 Å². The fraction of sp³-hybridized carbons (Fsp3) is 0.806. The lowest BCUT2D eigenvalue weighted by molar-refractivity contribution is 0.128. The Kier molecular flexibility index (Phi) is 3.32. The van der Waals surface area contributed by atoms with Gasteiger partial charge in [0.25, 0.3) is 0 Å². The average Bonchev–Trinajstić information content (AvgIpc) is 3.64. The van der Waals surface area contributed by atoms with Crippen LogP contribution >= 0.6 is 0 Å². The number of rotatable bonds is 2. The molecule has 14 atom stereocenters. The molecule has 0 N–H and O–H groups in total. The van der Waals surface area contributed by atoms with Crippen molar-refractivity contribution in [2.45, 2.75) is 83.0 Å². The van der Waals surface area contributed by atoms with Crippen molar-refractivity contribution in [1.82, 2.24) is 0 Å². The zero-order valence-corrected chi connectivity index (χ0v) is 19.4.